The number of fused-ring (bicyclic) bond motifs is 4. The van der Waals surface area contributed by atoms with E-state index in [-0.39, 0.29) is 53.2 Å². The predicted octanol–water partition coefficient (Wildman–Crippen LogP) is -1.13. The molecule has 288 valence electrons. The molecular formula is C36H44N8O10. The predicted molar refractivity (Wildman–Crippen MR) is 188 cm³/mol. The summed E-state index contributed by atoms with van der Waals surface area (Å²) < 4.78 is 21.4. The Balaban J connectivity index is 1.13. The summed E-state index contributed by atoms with van der Waals surface area (Å²) in [6.07, 6.45) is 2.91. The smallest absolute Gasteiger partial charge is 0.302 e. The Labute approximate surface area is 308 Å². The van der Waals surface area contributed by atoms with E-state index < -0.39 is 60.2 Å². The molecule has 3 aromatic rings. The van der Waals surface area contributed by atoms with Gasteiger partial charge in [0.1, 0.15) is 35.7 Å². The highest BCUT2D eigenvalue weighted by atomic mass is 16.7. The van der Waals surface area contributed by atoms with Crippen LogP contribution in [0.5, 0.6) is 5.95 Å². The fourth-order valence-electron chi connectivity index (χ4n) is 9.33. The molecule has 54 heavy (non-hydrogen) atoms. The number of nitrogens with two attached hydrogens (primary N) is 1. The van der Waals surface area contributed by atoms with Crippen LogP contribution in [-0.4, -0.2) is 117 Å². The molecule has 18 heteroatoms. The number of ether oxygens (including phenoxy) is 2. The normalized spacial score (nSPS) is 36.6. The molecule has 6 heterocycles. The largest absolute Gasteiger partial charge is 0.480 e. The number of nitrogens with zero attached hydrogens (tertiary/aromatic N) is 7. The number of aromatic nitrogens is 4. The Morgan fingerprint density at radius 2 is 1.93 bits per heavy atom. The molecule has 2 saturated carbocycles. The fourth-order valence-corrected chi connectivity index (χ4v) is 9.33. The fraction of sp³-hybridized carbons (Fsp3) is 0.556. The van der Waals surface area contributed by atoms with Crippen molar-refractivity contribution in [3.05, 3.63) is 52.5 Å². The third kappa shape index (κ3) is 5.75. The summed E-state index contributed by atoms with van der Waals surface area (Å²) in [7, 11) is 1.68. The van der Waals surface area contributed by atoms with Crippen molar-refractivity contribution in [2.45, 2.75) is 76.5 Å². The average Bonchev–Trinajstić information content (AvgIpc) is 3.84. The highest BCUT2D eigenvalue weighted by Gasteiger charge is 2.61. The van der Waals surface area contributed by atoms with Crippen molar-refractivity contribution in [3.8, 4) is 5.95 Å². The summed E-state index contributed by atoms with van der Waals surface area (Å²) in [4.78, 5) is 33.9. The molecule has 0 aromatic carbocycles. The van der Waals surface area contributed by atoms with Gasteiger partial charge in [0.25, 0.3) is 5.95 Å². The molecule has 11 atom stereocenters. The summed E-state index contributed by atoms with van der Waals surface area (Å²) in [5.41, 5.74) is 6.38. The maximum atomic E-state index is 12.3. The summed E-state index contributed by atoms with van der Waals surface area (Å²) in [6, 6.07) is 1.67. The van der Waals surface area contributed by atoms with E-state index in [2.05, 4.69) is 33.0 Å². The molecule has 2 aliphatic carbocycles. The summed E-state index contributed by atoms with van der Waals surface area (Å²) in [6.45, 7) is 3.91. The topological polar surface area (TPSA) is 269 Å². The minimum absolute atomic E-state index is 0.0371. The number of carbonyl (C=O) groups is 1. The van der Waals surface area contributed by atoms with E-state index in [1.807, 2.05) is 23.8 Å². The lowest BCUT2D eigenvalue weighted by atomic mass is 9.45. The van der Waals surface area contributed by atoms with Crippen LogP contribution < -0.4 is 16.7 Å². The molecule has 18 nitrogen and oxygen atoms in total. The number of guanidine groups is 1. The number of aliphatic hydroxyl groups is 5. The zero-order valence-electron chi connectivity index (χ0n) is 29.9. The number of carbonyl (C=O) groups excluding carboxylic acids is 1. The number of aliphatic hydroxyl groups excluding tert-OH is 5. The van der Waals surface area contributed by atoms with E-state index in [4.69, 9.17) is 24.6 Å². The van der Waals surface area contributed by atoms with Crippen molar-refractivity contribution in [2.75, 3.05) is 13.2 Å². The van der Waals surface area contributed by atoms with Crippen molar-refractivity contribution in [1.29, 1.82) is 0 Å². The molecule has 8 rings (SSSR count). The molecule has 1 saturated heterocycles. The Morgan fingerprint density at radius 3 is 2.69 bits per heavy atom. The van der Waals surface area contributed by atoms with Gasteiger partial charge < -0.3 is 59.4 Å². The first-order chi connectivity index (χ1) is 25.7. The number of imidazole rings is 2. The number of furan rings is 1. The molecule has 0 bridgehead atoms. The van der Waals surface area contributed by atoms with Gasteiger partial charge in [-0.2, -0.15) is 9.98 Å². The van der Waals surface area contributed by atoms with E-state index in [0.717, 1.165) is 5.71 Å². The maximum absolute atomic E-state index is 12.3. The number of amides is 1. The zero-order chi connectivity index (χ0) is 38.3. The molecule has 1 amide bonds. The van der Waals surface area contributed by atoms with Crippen molar-refractivity contribution < 1.29 is 49.3 Å². The van der Waals surface area contributed by atoms with Gasteiger partial charge in [0.05, 0.1) is 24.9 Å². The second kappa shape index (κ2) is 13.3. The Bertz CT molecular complexity index is 2190. The quantitative estimate of drug-likeness (QED) is 0.141. The van der Waals surface area contributed by atoms with E-state index in [9.17, 15) is 35.4 Å². The second-order valence-corrected chi connectivity index (χ2v) is 15.4. The maximum Gasteiger partial charge on any atom is 0.302 e. The molecule has 3 fully saturated rings. The van der Waals surface area contributed by atoms with Crippen LogP contribution in [0.3, 0.4) is 0 Å². The molecule has 5 aliphatic rings. The van der Waals surface area contributed by atoms with Crippen LogP contribution in [0.4, 0.5) is 5.95 Å². The zero-order valence-corrected chi connectivity index (χ0v) is 29.9. The molecule has 0 radical (unpaired) electrons. The first kappa shape index (κ1) is 36.4. The lowest BCUT2D eigenvalue weighted by Gasteiger charge is -2.62. The van der Waals surface area contributed by atoms with Crippen LogP contribution in [0.2, 0.25) is 0 Å². The molecule has 3 aliphatic heterocycles. The van der Waals surface area contributed by atoms with Crippen LogP contribution in [0.25, 0.3) is 12.2 Å². The van der Waals surface area contributed by atoms with E-state index >= 15 is 0 Å². The minimum atomic E-state index is -1.60. The van der Waals surface area contributed by atoms with Gasteiger partial charge in [-0.3, -0.25) is 4.79 Å². The molecular weight excluding hydrogens is 704 g/mol. The van der Waals surface area contributed by atoms with Crippen molar-refractivity contribution in [1.82, 2.24) is 19.1 Å². The van der Waals surface area contributed by atoms with Gasteiger partial charge in [0.2, 0.25) is 11.9 Å². The highest BCUT2D eigenvalue weighted by Crippen LogP contribution is 2.62. The van der Waals surface area contributed by atoms with Crippen molar-refractivity contribution >= 4 is 35.7 Å². The molecule has 0 spiro atoms. The second-order valence-electron chi connectivity index (χ2n) is 15.4. The van der Waals surface area contributed by atoms with Gasteiger partial charge in [0, 0.05) is 49.1 Å². The Kier molecular flexibility index (Phi) is 8.99. The number of allylic oxidation sites excluding steroid dienone is 1. The molecule has 3 aromatic heterocycles. The van der Waals surface area contributed by atoms with Crippen molar-refractivity contribution in [3.63, 3.8) is 0 Å². The van der Waals surface area contributed by atoms with Crippen LogP contribution in [-0.2, 0) is 23.1 Å². The van der Waals surface area contributed by atoms with Gasteiger partial charge in [0.15, 0.2) is 17.5 Å². The third-order valence-electron chi connectivity index (χ3n) is 12.4. The number of rotatable bonds is 7. The first-order valence-corrected chi connectivity index (χ1v) is 17.9. The van der Waals surface area contributed by atoms with Gasteiger partial charge in [-0.25, -0.2) is 15.0 Å². The highest BCUT2D eigenvalue weighted by molar-refractivity contribution is 6.03. The number of aromatic hydroxyl groups is 1. The van der Waals surface area contributed by atoms with E-state index in [1.165, 1.54) is 0 Å². The monoisotopic (exact) mass is 748 g/mol. The lowest BCUT2D eigenvalue weighted by molar-refractivity contribution is -0.329. The summed E-state index contributed by atoms with van der Waals surface area (Å²) >= 11 is 0. The first-order valence-electron chi connectivity index (χ1n) is 17.9. The van der Waals surface area contributed by atoms with Gasteiger partial charge in [-0.15, -0.1) is 0 Å². The van der Waals surface area contributed by atoms with Crippen molar-refractivity contribution in [2.24, 2.45) is 56.3 Å². The van der Waals surface area contributed by atoms with Crippen LogP contribution in [0.15, 0.2) is 43.9 Å². The van der Waals surface area contributed by atoms with E-state index in [1.54, 1.807) is 30.0 Å². The van der Waals surface area contributed by atoms with Gasteiger partial charge in [-0.1, -0.05) is 26.0 Å². The lowest BCUT2D eigenvalue weighted by Crippen LogP contribution is -2.64. The van der Waals surface area contributed by atoms with Gasteiger partial charge >= 0.3 is 5.91 Å². The average molecular weight is 749 g/mol. The van der Waals surface area contributed by atoms with Crippen LogP contribution in [0.1, 0.15) is 54.9 Å². The minimum Gasteiger partial charge on any atom is -0.480 e. The standard InChI is InChI=1S/C36H44N8O10/c1-35-7-6-23(54-32-28(49)27(48)26(47)21(14-45)53-32)36(2,15-46)22(35)12-20-18(13-44-9-8-38-34(44)39-20)19(35)5-4-16-10-17(52-31(16)51)11-24-40-25-29(43(24)3)41-33(37)42-30(25)50/h4-5,8-11,18-19,21-23,26-28,32,45-49,51H,6-7,12-15H2,1-3H3,(H2,37,42,50)/t18?,19?,21?,22?,23-,26?,27?,28?,32?,35-,36+/m1/s1. The van der Waals surface area contributed by atoms with Crippen LogP contribution >= 0.6 is 0 Å². The summed E-state index contributed by atoms with van der Waals surface area (Å²) in [5.74, 6) is -0.577. The number of hydrogen-bond acceptors (Lipinski definition) is 15. The molecule has 8 N–H and O–H groups in total. The van der Waals surface area contributed by atoms with Crippen LogP contribution in [0, 0.1) is 28.6 Å². The Morgan fingerprint density at radius 1 is 1.13 bits per heavy atom. The molecule has 8 unspecified atom stereocenters. The van der Waals surface area contributed by atoms with E-state index in [0.29, 0.717) is 42.8 Å². The number of hydrogen-bond donors (Lipinski definition) is 7. The SMILES string of the molecule is Cn1c(=Cc2cc(C=CC3C4Cn5ccnc5N=C4CC4[C@]3(C)CC[C@@H](OC3OC(CO)C(O)C(O)C3O)[C@@]4(C)CO)c(O)o2)nc2c1=NC(N)=NC2=O. The summed E-state index contributed by atoms with van der Waals surface area (Å²) in [5, 5.41) is 63.4. The number of aliphatic imine (C=N–C) groups is 2. The third-order valence-corrected chi connectivity index (χ3v) is 12.4. The Hall–Kier alpha value is -4.56. The van der Waals surface area contributed by atoms with Gasteiger partial charge in [-0.05, 0) is 42.6 Å².